The number of furan rings is 1. The Morgan fingerprint density at radius 1 is 1.16 bits per heavy atom. The molecular formula is C30H25N3O9S. The Balaban J connectivity index is 1.65. The highest BCUT2D eigenvalue weighted by atomic mass is 32.1. The van der Waals surface area contributed by atoms with Gasteiger partial charge >= 0.3 is 11.9 Å². The molecule has 12 nitrogen and oxygen atoms in total. The lowest BCUT2D eigenvalue weighted by Gasteiger charge is -2.25. The normalized spacial score (nSPS) is 14.6. The molecule has 0 bridgehead atoms. The number of fused-ring (bicyclic) bond motifs is 1. The van der Waals surface area contributed by atoms with Crippen molar-refractivity contribution in [3.05, 3.63) is 107 Å². The first kappa shape index (κ1) is 29.2. The molecule has 1 aliphatic rings. The second kappa shape index (κ2) is 11.9. The van der Waals surface area contributed by atoms with Crippen molar-refractivity contribution in [3.63, 3.8) is 0 Å². The lowest BCUT2D eigenvalue weighted by Crippen LogP contribution is -2.39. The van der Waals surface area contributed by atoms with Gasteiger partial charge in [0.1, 0.15) is 11.5 Å². The van der Waals surface area contributed by atoms with E-state index < -0.39 is 28.5 Å². The molecular weight excluding hydrogens is 578 g/mol. The molecule has 0 saturated heterocycles. The fourth-order valence-corrected chi connectivity index (χ4v) is 5.77. The van der Waals surface area contributed by atoms with E-state index in [9.17, 15) is 24.5 Å². The molecule has 0 aliphatic carbocycles. The number of thiazole rings is 1. The number of para-hydroxylation sites is 1. The maximum atomic E-state index is 13.9. The Morgan fingerprint density at radius 3 is 2.63 bits per heavy atom. The van der Waals surface area contributed by atoms with Gasteiger partial charge in [-0.25, -0.2) is 9.79 Å². The van der Waals surface area contributed by atoms with Gasteiger partial charge in [-0.05, 0) is 49.7 Å². The highest BCUT2D eigenvalue weighted by molar-refractivity contribution is 7.07. The molecule has 1 aliphatic heterocycles. The summed E-state index contributed by atoms with van der Waals surface area (Å²) in [6.07, 6.45) is 1.52. The summed E-state index contributed by atoms with van der Waals surface area (Å²) in [5.74, 6) is -0.202. The predicted molar refractivity (Wildman–Crippen MR) is 156 cm³/mol. The summed E-state index contributed by atoms with van der Waals surface area (Å²) in [6.45, 7) is 4.71. The van der Waals surface area contributed by atoms with Crippen LogP contribution in [0.4, 0.5) is 5.69 Å². The van der Waals surface area contributed by atoms with Crippen LogP contribution in [0.2, 0.25) is 0 Å². The largest absolute Gasteiger partial charge is 0.493 e. The molecule has 13 heteroatoms. The monoisotopic (exact) mass is 603 g/mol. The molecule has 1 unspecified atom stereocenters. The van der Waals surface area contributed by atoms with E-state index in [0.717, 1.165) is 11.3 Å². The van der Waals surface area contributed by atoms with Gasteiger partial charge in [-0.3, -0.25) is 24.3 Å². The molecule has 220 valence electrons. The molecule has 43 heavy (non-hydrogen) atoms. The SMILES string of the molecule is CCOC(=O)C1=C(C)N=c2s/c(=C\c3ccc(-c4ccccc4[N+](=O)[O-])o3)c(=O)n2C1c1ccc(OC(C)=O)c(OC)c1. The molecule has 1 atom stereocenters. The van der Waals surface area contributed by atoms with E-state index in [2.05, 4.69) is 4.99 Å². The quantitative estimate of drug-likeness (QED) is 0.126. The van der Waals surface area contributed by atoms with Crippen molar-refractivity contribution < 1.29 is 33.1 Å². The minimum absolute atomic E-state index is 0.111. The minimum Gasteiger partial charge on any atom is -0.493 e. The van der Waals surface area contributed by atoms with Crippen LogP contribution in [0.5, 0.6) is 11.5 Å². The highest BCUT2D eigenvalue weighted by Gasteiger charge is 2.34. The molecule has 5 rings (SSSR count). The molecule has 0 amide bonds. The number of hydrogen-bond acceptors (Lipinski definition) is 11. The second-order valence-electron chi connectivity index (χ2n) is 9.28. The Bertz CT molecular complexity index is 1980. The third kappa shape index (κ3) is 5.62. The molecule has 0 saturated carbocycles. The van der Waals surface area contributed by atoms with Crippen molar-refractivity contribution in [2.45, 2.75) is 26.8 Å². The predicted octanol–water partition coefficient (Wildman–Crippen LogP) is 3.90. The summed E-state index contributed by atoms with van der Waals surface area (Å²) < 4.78 is 23.5. The van der Waals surface area contributed by atoms with Crippen LogP contribution in [-0.4, -0.2) is 35.1 Å². The number of carbonyl (C=O) groups is 2. The first-order valence-electron chi connectivity index (χ1n) is 13.0. The Labute approximate surface area is 247 Å². The van der Waals surface area contributed by atoms with Crippen LogP contribution in [0.3, 0.4) is 0 Å². The number of methoxy groups -OCH3 is 1. The van der Waals surface area contributed by atoms with E-state index in [-0.39, 0.29) is 39.7 Å². The number of benzene rings is 2. The number of esters is 2. The zero-order valence-electron chi connectivity index (χ0n) is 23.5. The zero-order chi connectivity index (χ0) is 30.8. The standard InChI is InChI=1S/C30H25N3O9S/c1-5-40-29(36)26-16(2)31-30-32(27(26)18-10-12-23(41-17(3)34)24(14-18)39-4)28(35)25(43-30)15-19-11-13-22(42-19)20-8-6-7-9-21(20)33(37)38/h6-15,27H,5H2,1-4H3/b25-15-. The van der Waals surface area contributed by atoms with Gasteiger partial charge < -0.3 is 18.6 Å². The van der Waals surface area contributed by atoms with Crippen molar-refractivity contribution in [3.8, 4) is 22.8 Å². The number of ether oxygens (including phenoxy) is 3. The highest BCUT2D eigenvalue weighted by Crippen LogP contribution is 2.36. The molecule has 2 aromatic heterocycles. The first-order chi connectivity index (χ1) is 20.6. The average Bonchev–Trinajstić information content (AvgIpc) is 3.56. The molecule has 0 spiro atoms. The maximum Gasteiger partial charge on any atom is 0.338 e. The summed E-state index contributed by atoms with van der Waals surface area (Å²) in [4.78, 5) is 54.5. The number of carbonyl (C=O) groups excluding carboxylic acids is 2. The molecule has 4 aromatic rings. The van der Waals surface area contributed by atoms with Crippen LogP contribution in [0.1, 0.15) is 38.1 Å². The summed E-state index contributed by atoms with van der Waals surface area (Å²) in [5.41, 5.74) is 0.772. The van der Waals surface area contributed by atoms with E-state index in [1.807, 2.05) is 0 Å². The third-order valence-corrected chi connectivity index (χ3v) is 7.52. The summed E-state index contributed by atoms with van der Waals surface area (Å²) in [6, 6.07) is 13.2. The zero-order valence-corrected chi connectivity index (χ0v) is 24.3. The van der Waals surface area contributed by atoms with Crippen molar-refractivity contribution in [1.29, 1.82) is 0 Å². The first-order valence-corrected chi connectivity index (χ1v) is 13.8. The lowest BCUT2D eigenvalue weighted by atomic mass is 9.95. The lowest BCUT2D eigenvalue weighted by molar-refractivity contribution is -0.384. The van der Waals surface area contributed by atoms with E-state index in [1.54, 1.807) is 56.3 Å². The third-order valence-electron chi connectivity index (χ3n) is 6.54. The van der Waals surface area contributed by atoms with Crippen LogP contribution in [0.15, 0.2) is 80.1 Å². The number of rotatable bonds is 8. The van der Waals surface area contributed by atoms with Crippen molar-refractivity contribution in [1.82, 2.24) is 4.57 Å². The van der Waals surface area contributed by atoms with Crippen molar-refractivity contribution in [2.24, 2.45) is 4.99 Å². The number of allylic oxidation sites excluding steroid dienone is 1. The van der Waals surface area contributed by atoms with E-state index >= 15 is 0 Å². The topological polar surface area (TPSA) is 152 Å². The Kier molecular flexibility index (Phi) is 8.08. The number of nitro benzene ring substituents is 1. The van der Waals surface area contributed by atoms with Gasteiger partial charge in [-0.2, -0.15) is 0 Å². The number of hydrogen-bond donors (Lipinski definition) is 0. The van der Waals surface area contributed by atoms with Gasteiger partial charge in [-0.15, -0.1) is 0 Å². The minimum atomic E-state index is -0.933. The van der Waals surface area contributed by atoms with Crippen LogP contribution < -0.4 is 24.4 Å². The average molecular weight is 604 g/mol. The van der Waals surface area contributed by atoms with E-state index in [4.69, 9.17) is 18.6 Å². The van der Waals surface area contributed by atoms with Gasteiger partial charge in [0.25, 0.3) is 11.2 Å². The van der Waals surface area contributed by atoms with Gasteiger partial charge in [0.15, 0.2) is 16.3 Å². The molecule has 3 heterocycles. The molecule has 0 fully saturated rings. The van der Waals surface area contributed by atoms with E-state index in [1.165, 1.54) is 36.8 Å². The summed E-state index contributed by atoms with van der Waals surface area (Å²) in [5, 5.41) is 11.5. The van der Waals surface area contributed by atoms with Crippen molar-refractivity contribution >= 4 is 35.0 Å². The Morgan fingerprint density at radius 2 is 1.93 bits per heavy atom. The molecule has 0 radical (unpaired) electrons. The maximum absolute atomic E-state index is 13.9. The Hall–Kier alpha value is -5.30. The fraction of sp³-hybridized carbons (Fsp3) is 0.200. The number of nitrogens with zero attached hydrogens (tertiary/aromatic N) is 3. The summed E-state index contributed by atoms with van der Waals surface area (Å²) >= 11 is 1.09. The van der Waals surface area contributed by atoms with Crippen LogP contribution in [0, 0.1) is 10.1 Å². The summed E-state index contributed by atoms with van der Waals surface area (Å²) in [7, 11) is 1.41. The number of nitro groups is 1. The smallest absolute Gasteiger partial charge is 0.338 e. The van der Waals surface area contributed by atoms with Gasteiger partial charge in [0.05, 0.1) is 46.0 Å². The van der Waals surface area contributed by atoms with Gasteiger partial charge in [0, 0.05) is 19.1 Å². The fourth-order valence-electron chi connectivity index (χ4n) is 4.75. The number of aromatic nitrogens is 1. The van der Waals surface area contributed by atoms with Crippen molar-refractivity contribution in [2.75, 3.05) is 13.7 Å². The second-order valence-corrected chi connectivity index (χ2v) is 10.3. The van der Waals surface area contributed by atoms with Crippen LogP contribution in [0.25, 0.3) is 17.4 Å². The van der Waals surface area contributed by atoms with Gasteiger partial charge in [-0.1, -0.05) is 29.5 Å². The van der Waals surface area contributed by atoms with Crippen LogP contribution >= 0.6 is 11.3 Å². The molecule has 0 N–H and O–H groups in total. The molecule has 2 aromatic carbocycles. The van der Waals surface area contributed by atoms with Gasteiger partial charge in [0.2, 0.25) is 0 Å². The van der Waals surface area contributed by atoms with Crippen LogP contribution in [-0.2, 0) is 14.3 Å². The van der Waals surface area contributed by atoms with E-state index in [0.29, 0.717) is 27.4 Å².